The lowest BCUT2D eigenvalue weighted by molar-refractivity contribution is -0.126. The quantitative estimate of drug-likeness (QED) is 0.892. The van der Waals surface area contributed by atoms with Gasteiger partial charge in [0.2, 0.25) is 11.8 Å². The van der Waals surface area contributed by atoms with Gasteiger partial charge < -0.3 is 10.2 Å². The van der Waals surface area contributed by atoms with Crippen LogP contribution in [0, 0.1) is 11.7 Å². The van der Waals surface area contributed by atoms with Gasteiger partial charge in [0.1, 0.15) is 5.82 Å². The van der Waals surface area contributed by atoms with E-state index in [9.17, 15) is 14.0 Å². The third-order valence-electron chi connectivity index (χ3n) is 4.78. The van der Waals surface area contributed by atoms with E-state index >= 15 is 0 Å². The highest BCUT2D eigenvalue weighted by molar-refractivity contribution is 6.00. The molecule has 0 aromatic heterocycles. The molecule has 0 saturated carbocycles. The van der Waals surface area contributed by atoms with Crippen molar-refractivity contribution < 1.29 is 14.0 Å². The Morgan fingerprint density at radius 2 is 1.88 bits per heavy atom. The van der Waals surface area contributed by atoms with E-state index in [-0.39, 0.29) is 30.6 Å². The molecule has 5 heteroatoms. The molecule has 1 heterocycles. The summed E-state index contributed by atoms with van der Waals surface area (Å²) in [5.41, 5.74) is 2.45. The van der Waals surface area contributed by atoms with Gasteiger partial charge in [0.25, 0.3) is 0 Å². The Bertz CT molecular complexity index is 802. The van der Waals surface area contributed by atoms with Crippen LogP contribution in [-0.4, -0.2) is 18.4 Å². The predicted molar refractivity (Wildman–Crippen MR) is 99.2 cm³/mol. The van der Waals surface area contributed by atoms with Gasteiger partial charge in [-0.15, -0.1) is 0 Å². The lowest BCUT2D eigenvalue weighted by Gasteiger charge is -2.18. The van der Waals surface area contributed by atoms with Gasteiger partial charge in [-0.25, -0.2) is 4.39 Å². The molecule has 0 spiro atoms. The maximum absolute atomic E-state index is 13.6. The number of hydrogen-bond acceptors (Lipinski definition) is 2. The summed E-state index contributed by atoms with van der Waals surface area (Å²) in [5.74, 6) is -0.618. The van der Waals surface area contributed by atoms with Crippen molar-refractivity contribution in [3.05, 3.63) is 65.5 Å². The normalized spacial score (nSPS) is 17.0. The fourth-order valence-electron chi connectivity index (χ4n) is 3.14. The molecular weight excluding hydrogens is 331 g/mol. The number of rotatable bonds is 5. The zero-order valence-corrected chi connectivity index (χ0v) is 15.0. The molecule has 4 nitrogen and oxygen atoms in total. The van der Waals surface area contributed by atoms with Crippen molar-refractivity contribution in [3.8, 4) is 0 Å². The summed E-state index contributed by atoms with van der Waals surface area (Å²) in [4.78, 5) is 26.4. The lowest BCUT2D eigenvalue weighted by Crippen LogP contribution is -2.32. The zero-order chi connectivity index (χ0) is 18.7. The molecule has 2 aromatic rings. The van der Waals surface area contributed by atoms with Crippen molar-refractivity contribution in [2.24, 2.45) is 5.92 Å². The maximum atomic E-state index is 13.6. The third kappa shape index (κ3) is 3.93. The Kier molecular flexibility index (Phi) is 5.35. The van der Waals surface area contributed by atoms with Gasteiger partial charge in [0.15, 0.2) is 0 Å². The molecule has 0 radical (unpaired) electrons. The second-order valence-electron chi connectivity index (χ2n) is 6.96. The van der Waals surface area contributed by atoms with Gasteiger partial charge in [-0.3, -0.25) is 9.59 Å². The Morgan fingerprint density at radius 3 is 2.54 bits per heavy atom. The Morgan fingerprint density at radius 1 is 1.19 bits per heavy atom. The largest absolute Gasteiger partial charge is 0.352 e. The minimum atomic E-state index is -0.418. The minimum Gasteiger partial charge on any atom is -0.352 e. The second kappa shape index (κ2) is 7.68. The van der Waals surface area contributed by atoms with E-state index in [1.807, 2.05) is 24.3 Å². The predicted octanol–water partition coefficient (Wildman–Crippen LogP) is 3.62. The van der Waals surface area contributed by atoms with Gasteiger partial charge in [0.05, 0.1) is 5.92 Å². The van der Waals surface area contributed by atoms with Crippen LogP contribution in [-0.2, 0) is 16.1 Å². The van der Waals surface area contributed by atoms with Crippen molar-refractivity contribution in [3.63, 3.8) is 0 Å². The fourth-order valence-corrected chi connectivity index (χ4v) is 3.14. The van der Waals surface area contributed by atoms with E-state index in [1.54, 1.807) is 23.1 Å². The number of halogens is 1. The molecule has 1 atom stereocenters. The molecule has 2 amide bonds. The van der Waals surface area contributed by atoms with Crippen LogP contribution in [0.15, 0.2) is 48.5 Å². The van der Waals surface area contributed by atoms with E-state index in [0.717, 1.165) is 5.69 Å². The highest BCUT2D eigenvalue weighted by Crippen LogP contribution is 2.27. The van der Waals surface area contributed by atoms with Crippen LogP contribution in [0.2, 0.25) is 0 Å². The maximum Gasteiger partial charge on any atom is 0.227 e. The van der Waals surface area contributed by atoms with Crippen molar-refractivity contribution in [2.45, 2.75) is 32.7 Å². The van der Waals surface area contributed by atoms with Gasteiger partial charge in [-0.1, -0.05) is 44.2 Å². The average Bonchev–Trinajstić information content (AvgIpc) is 3.02. The van der Waals surface area contributed by atoms with Gasteiger partial charge in [-0.2, -0.15) is 0 Å². The molecule has 2 aromatic carbocycles. The second-order valence-corrected chi connectivity index (χ2v) is 6.96. The van der Waals surface area contributed by atoms with Crippen LogP contribution in [0.4, 0.5) is 10.1 Å². The van der Waals surface area contributed by atoms with E-state index in [0.29, 0.717) is 18.0 Å². The van der Waals surface area contributed by atoms with E-state index < -0.39 is 5.92 Å². The molecule has 1 saturated heterocycles. The van der Waals surface area contributed by atoms with Crippen LogP contribution >= 0.6 is 0 Å². The van der Waals surface area contributed by atoms with E-state index in [1.165, 1.54) is 11.6 Å². The summed E-state index contributed by atoms with van der Waals surface area (Å²) in [6.07, 6.45) is 0.176. The third-order valence-corrected chi connectivity index (χ3v) is 4.78. The molecule has 1 N–H and O–H groups in total. The number of anilines is 1. The standard InChI is InChI=1S/C21H23FN2O2/c1-14(2)15-7-9-18(10-8-15)24-13-17(11-20(24)25)21(26)23-12-16-5-3-4-6-19(16)22/h3-10,14,17H,11-13H2,1-2H3,(H,23,26). The zero-order valence-electron chi connectivity index (χ0n) is 15.0. The summed E-state index contributed by atoms with van der Waals surface area (Å²) in [6, 6.07) is 14.2. The van der Waals surface area contributed by atoms with Gasteiger partial charge >= 0.3 is 0 Å². The van der Waals surface area contributed by atoms with E-state index in [2.05, 4.69) is 19.2 Å². The van der Waals surface area contributed by atoms with Crippen LogP contribution < -0.4 is 10.2 Å². The lowest BCUT2D eigenvalue weighted by atomic mass is 10.0. The van der Waals surface area contributed by atoms with Crippen molar-refractivity contribution >= 4 is 17.5 Å². The Labute approximate surface area is 153 Å². The van der Waals surface area contributed by atoms with Crippen LogP contribution in [0.1, 0.15) is 37.3 Å². The molecule has 1 aliphatic rings. The average molecular weight is 354 g/mol. The summed E-state index contributed by atoms with van der Waals surface area (Å²) >= 11 is 0. The molecule has 1 fully saturated rings. The fraction of sp³-hybridized carbons (Fsp3) is 0.333. The van der Waals surface area contributed by atoms with Crippen molar-refractivity contribution in [1.29, 1.82) is 0 Å². The van der Waals surface area contributed by atoms with Crippen molar-refractivity contribution in [1.82, 2.24) is 5.32 Å². The molecular formula is C21H23FN2O2. The van der Waals surface area contributed by atoms with Crippen LogP contribution in [0.3, 0.4) is 0 Å². The SMILES string of the molecule is CC(C)c1ccc(N2CC(C(=O)NCc3ccccc3F)CC2=O)cc1. The number of amides is 2. The highest BCUT2D eigenvalue weighted by atomic mass is 19.1. The number of carbonyl (C=O) groups is 2. The Hall–Kier alpha value is -2.69. The smallest absolute Gasteiger partial charge is 0.227 e. The molecule has 1 unspecified atom stereocenters. The number of carbonyl (C=O) groups excluding carboxylic acids is 2. The van der Waals surface area contributed by atoms with Gasteiger partial charge in [0, 0.05) is 30.8 Å². The molecule has 0 bridgehead atoms. The molecule has 136 valence electrons. The summed E-state index contributed by atoms with van der Waals surface area (Å²) in [6.45, 7) is 4.71. The number of nitrogens with zero attached hydrogens (tertiary/aromatic N) is 1. The number of benzene rings is 2. The van der Waals surface area contributed by atoms with Crippen molar-refractivity contribution in [2.75, 3.05) is 11.4 Å². The summed E-state index contributed by atoms with van der Waals surface area (Å²) in [7, 11) is 0. The van der Waals surface area contributed by atoms with E-state index in [4.69, 9.17) is 0 Å². The first-order valence-corrected chi connectivity index (χ1v) is 8.87. The first-order chi connectivity index (χ1) is 12.5. The Balaban J connectivity index is 1.61. The minimum absolute atomic E-state index is 0.0617. The molecule has 1 aliphatic heterocycles. The first-order valence-electron chi connectivity index (χ1n) is 8.87. The molecule has 26 heavy (non-hydrogen) atoms. The summed E-state index contributed by atoms with van der Waals surface area (Å²) in [5, 5.41) is 2.74. The molecule has 0 aliphatic carbocycles. The molecule has 3 rings (SSSR count). The van der Waals surface area contributed by atoms with Crippen LogP contribution in [0.25, 0.3) is 0 Å². The number of nitrogens with one attached hydrogen (secondary N) is 1. The highest BCUT2D eigenvalue weighted by Gasteiger charge is 2.35. The topological polar surface area (TPSA) is 49.4 Å². The van der Waals surface area contributed by atoms with Gasteiger partial charge in [-0.05, 0) is 29.7 Å². The first kappa shape index (κ1) is 18.1. The van der Waals surface area contributed by atoms with Crippen LogP contribution in [0.5, 0.6) is 0 Å². The summed E-state index contributed by atoms with van der Waals surface area (Å²) < 4.78 is 13.6. The monoisotopic (exact) mass is 354 g/mol. The number of hydrogen-bond donors (Lipinski definition) is 1.